The van der Waals surface area contributed by atoms with Crippen molar-refractivity contribution in [3.05, 3.63) is 22.1 Å². The molecule has 5 nitrogen and oxygen atoms in total. The molecule has 1 atom stereocenters. The fraction of sp³-hybridized carbons (Fsp3) is 0.692. The van der Waals surface area contributed by atoms with E-state index in [2.05, 4.69) is 29.1 Å². The molecule has 108 valence electrons. The summed E-state index contributed by atoms with van der Waals surface area (Å²) in [6.45, 7) is 5.69. The average Bonchev–Trinajstić information content (AvgIpc) is 2.36. The molecule has 19 heavy (non-hydrogen) atoms. The topological polar surface area (TPSA) is 67.0 Å². The number of methoxy groups -OCH3 is 1. The minimum Gasteiger partial charge on any atom is -0.383 e. The normalized spacial score (nSPS) is 12.6. The first kappa shape index (κ1) is 16.2. The van der Waals surface area contributed by atoms with Crippen LogP contribution >= 0.6 is 11.8 Å². The highest BCUT2D eigenvalue weighted by atomic mass is 32.2. The Kier molecular flexibility index (Phi) is 7.78. The standard InChI is InChI=1S/C13H23N3O2S/c1-4-6-10-7-12(17)16-13(15-10)19-9-11(8-18-3)14-5-2/h7,11,14H,4-6,8-9H2,1-3H3,(H,15,16,17). The number of thioether (sulfide) groups is 1. The molecule has 0 aliphatic heterocycles. The van der Waals surface area contributed by atoms with Gasteiger partial charge in [-0.15, -0.1) is 0 Å². The summed E-state index contributed by atoms with van der Waals surface area (Å²) in [4.78, 5) is 18.8. The molecule has 1 rings (SSSR count). The Labute approximate surface area is 118 Å². The summed E-state index contributed by atoms with van der Waals surface area (Å²) in [6, 6.07) is 1.84. The molecule has 1 unspecified atom stereocenters. The third-order valence-corrected chi connectivity index (χ3v) is 3.60. The van der Waals surface area contributed by atoms with Crippen LogP contribution in [0.5, 0.6) is 0 Å². The number of aromatic amines is 1. The molecule has 1 aromatic heterocycles. The van der Waals surface area contributed by atoms with Crippen LogP contribution in [0.1, 0.15) is 26.0 Å². The van der Waals surface area contributed by atoms with Crippen molar-refractivity contribution in [2.45, 2.75) is 37.9 Å². The Morgan fingerprint density at radius 3 is 2.95 bits per heavy atom. The molecule has 0 saturated heterocycles. The summed E-state index contributed by atoms with van der Waals surface area (Å²) in [5.41, 5.74) is 0.785. The largest absolute Gasteiger partial charge is 0.383 e. The number of nitrogens with one attached hydrogen (secondary N) is 2. The van der Waals surface area contributed by atoms with Crippen LogP contribution in [-0.4, -0.2) is 42.0 Å². The van der Waals surface area contributed by atoms with Gasteiger partial charge in [0.15, 0.2) is 5.16 Å². The summed E-state index contributed by atoms with van der Waals surface area (Å²) >= 11 is 1.55. The van der Waals surface area contributed by atoms with Gasteiger partial charge in [0.1, 0.15) is 0 Å². The monoisotopic (exact) mass is 285 g/mol. The number of hydrogen-bond donors (Lipinski definition) is 2. The van der Waals surface area contributed by atoms with Crippen molar-refractivity contribution < 1.29 is 4.74 Å². The van der Waals surface area contributed by atoms with Crippen molar-refractivity contribution in [3.63, 3.8) is 0 Å². The Hall–Kier alpha value is -0.850. The maximum absolute atomic E-state index is 11.5. The molecule has 0 bridgehead atoms. The van der Waals surface area contributed by atoms with E-state index in [-0.39, 0.29) is 11.6 Å². The van der Waals surface area contributed by atoms with Crippen LogP contribution in [0.2, 0.25) is 0 Å². The molecule has 2 N–H and O–H groups in total. The van der Waals surface area contributed by atoms with E-state index in [4.69, 9.17) is 4.74 Å². The Balaban J connectivity index is 2.62. The summed E-state index contributed by atoms with van der Waals surface area (Å²) in [6.07, 6.45) is 1.83. The van der Waals surface area contributed by atoms with Crippen LogP contribution in [-0.2, 0) is 11.2 Å². The zero-order chi connectivity index (χ0) is 14.1. The quantitative estimate of drug-likeness (QED) is 0.531. The smallest absolute Gasteiger partial charge is 0.251 e. The van der Waals surface area contributed by atoms with E-state index in [1.165, 1.54) is 0 Å². The summed E-state index contributed by atoms with van der Waals surface area (Å²) in [7, 11) is 1.69. The van der Waals surface area contributed by atoms with Crippen LogP contribution in [0.4, 0.5) is 0 Å². The molecule has 0 aromatic carbocycles. The Bertz CT molecular complexity index is 417. The number of aromatic nitrogens is 2. The fourth-order valence-corrected chi connectivity index (χ4v) is 2.70. The van der Waals surface area contributed by atoms with Crippen molar-refractivity contribution in [2.75, 3.05) is 26.0 Å². The van der Waals surface area contributed by atoms with Crippen LogP contribution in [0.25, 0.3) is 0 Å². The van der Waals surface area contributed by atoms with Crippen molar-refractivity contribution in [1.29, 1.82) is 0 Å². The second kappa shape index (κ2) is 9.12. The van der Waals surface area contributed by atoms with Crippen LogP contribution in [0, 0.1) is 0 Å². The number of rotatable bonds is 9. The number of H-pyrrole nitrogens is 1. The number of likely N-dealkylation sites (N-methyl/N-ethyl adjacent to an activating group) is 1. The van der Waals surface area contributed by atoms with E-state index in [1.807, 2.05) is 0 Å². The van der Waals surface area contributed by atoms with Crippen molar-refractivity contribution in [2.24, 2.45) is 0 Å². The second-order valence-electron chi connectivity index (χ2n) is 4.31. The van der Waals surface area contributed by atoms with Gasteiger partial charge in [0.25, 0.3) is 5.56 Å². The van der Waals surface area contributed by atoms with Gasteiger partial charge >= 0.3 is 0 Å². The summed E-state index contributed by atoms with van der Waals surface area (Å²) in [5, 5.41) is 4.03. The molecular weight excluding hydrogens is 262 g/mol. The van der Waals surface area contributed by atoms with Gasteiger partial charge in [0.05, 0.1) is 6.61 Å². The Morgan fingerprint density at radius 1 is 1.53 bits per heavy atom. The first-order valence-electron chi connectivity index (χ1n) is 6.64. The molecule has 0 aliphatic rings. The highest BCUT2D eigenvalue weighted by Crippen LogP contribution is 2.13. The zero-order valence-corrected chi connectivity index (χ0v) is 12.7. The third-order valence-electron chi connectivity index (χ3n) is 2.56. The van der Waals surface area contributed by atoms with Crippen LogP contribution < -0.4 is 10.9 Å². The fourth-order valence-electron chi connectivity index (χ4n) is 1.77. The lowest BCUT2D eigenvalue weighted by molar-refractivity contribution is 0.174. The van der Waals surface area contributed by atoms with Gasteiger partial charge in [0, 0.05) is 30.7 Å². The third kappa shape index (κ3) is 6.22. The molecule has 0 spiro atoms. The van der Waals surface area contributed by atoms with E-state index in [0.717, 1.165) is 30.8 Å². The number of nitrogens with zero attached hydrogens (tertiary/aromatic N) is 1. The zero-order valence-electron chi connectivity index (χ0n) is 11.9. The average molecular weight is 285 g/mol. The predicted molar refractivity (Wildman–Crippen MR) is 78.9 cm³/mol. The SMILES string of the molecule is CCCc1cc(=O)[nH]c(SCC(COC)NCC)n1. The van der Waals surface area contributed by atoms with E-state index in [0.29, 0.717) is 11.8 Å². The van der Waals surface area contributed by atoms with Gasteiger partial charge in [0.2, 0.25) is 0 Å². The second-order valence-corrected chi connectivity index (χ2v) is 5.32. The van der Waals surface area contributed by atoms with E-state index >= 15 is 0 Å². The maximum Gasteiger partial charge on any atom is 0.251 e. The van der Waals surface area contributed by atoms with E-state index in [9.17, 15) is 4.79 Å². The first-order valence-corrected chi connectivity index (χ1v) is 7.63. The predicted octanol–water partition coefficient (Wildman–Crippen LogP) is 1.44. The number of ether oxygens (including phenoxy) is 1. The lowest BCUT2D eigenvalue weighted by Crippen LogP contribution is -2.35. The lowest BCUT2D eigenvalue weighted by atomic mass is 10.2. The van der Waals surface area contributed by atoms with E-state index in [1.54, 1.807) is 24.9 Å². The van der Waals surface area contributed by atoms with Gasteiger partial charge in [-0.1, -0.05) is 32.0 Å². The van der Waals surface area contributed by atoms with Gasteiger partial charge in [-0.2, -0.15) is 0 Å². The van der Waals surface area contributed by atoms with Crippen molar-refractivity contribution in [3.8, 4) is 0 Å². The minimum absolute atomic E-state index is 0.0762. The highest BCUT2D eigenvalue weighted by Gasteiger charge is 2.09. The molecule has 1 heterocycles. The van der Waals surface area contributed by atoms with E-state index < -0.39 is 0 Å². The minimum atomic E-state index is -0.0762. The molecule has 0 aliphatic carbocycles. The Morgan fingerprint density at radius 2 is 2.32 bits per heavy atom. The van der Waals surface area contributed by atoms with Gasteiger partial charge in [-0.25, -0.2) is 4.98 Å². The van der Waals surface area contributed by atoms with Crippen LogP contribution in [0.15, 0.2) is 16.0 Å². The molecule has 0 fully saturated rings. The lowest BCUT2D eigenvalue weighted by Gasteiger charge is -2.15. The first-order chi connectivity index (χ1) is 9.19. The molecule has 1 aromatic rings. The van der Waals surface area contributed by atoms with Gasteiger partial charge in [-0.05, 0) is 13.0 Å². The van der Waals surface area contributed by atoms with Crippen LogP contribution in [0.3, 0.4) is 0 Å². The molecule has 0 amide bonds. The number of aryl methyl sites for hydroxylation is 1. The molecule has 0 radical (unpaired) electrons. The molecular formula is C13H23N3O2S. The van der Waals surface area contributed by atoms with Crippen molar-refractivity contribution >= 4 is 11.8 Å². The molecule has 0 saturated carbocycles. The molecule has 6 heteroatoms. The van der Waals surface area contributed by atoms with Gasteiger partial charge in [-0.3, -0.25) is 4.79 Å². The van der Waals surface area contributed by atoms with Gasteiger partial charge < -0.3 is 15.0 Å². The summed E-state index contributed by atoms with van der Waals surface area (Å²) < 4.78 is 5.16. The number of hydrogen-bond acceptors (Lipinski definition) is 5. The maximum atomic E-state index is 11.5. The van der Waals surface area contributed by atoms with Crippen molar-refractivity contribution in [1.82, 2.24) is 15.3 Å². The highest BCUT2D eigenvalue weighted by molar-refractivity contribution is 7.99. The summed E-state index contributed by atoms with van der Waals surface area (Å²) in [5.74, 6) is 0.820.